The Morgan fingerprint density at radius 3 is 2.86 bits per heavy atom. The summed E-state index contributed by atoms with van der Waals surface area (Å²) in [6.45, 7) is 2.01. The molecule has 0 saturated heterocycles. The number of rotatable bonds is 2. The molecule has 1 N–H and O–H groups in total. The van der Waals surface area contributed by atoms with Gasteiger partial charge in [0.05, 0.1) is 11.0 Å². The molecule has 2 heterocycles. The SMILES string of the molecule is Cn1c(CC2CNCc3ccccc32)nc2ccccc21. The van der Waals surface area contributed by atoms with E-state index in [-0.39, 0.29) is 0 Å². The summed E-state index contributed by atoms with van der Waals surface area (Å²) in [6.07, 6.45) is 0.981. The molecule has 3 nitrogen and oxygen atoms in total. The third-order valence-electron chi connectivity index (χ3n) is 4.51. The second kappa shape index (κ2) is 5.01. The highest BCUT2D eigenvalue weighted by molar-refractivity contribution is 5.75. The van der Waals surface area contributed by atoms with Crippen LogP contribution in [0.2, 0.25) is 0 Å². The molecule has 3 heteroatoms. The van der Waals surface area contributed by atoms with Crippen molar-refractivity contribution >= 4 is 11.0 Å². The molecule has 0 aliphatic carbocycles. The van der Waals surface area contributed by atoms with Crippen molar-refractivity contribution in [3.8, 4) is 0 Å². The lowest BCUT2D eigenvalue weighted by molar-refractivity contribution is 0.525. The van der Waals surface area contributed by atoms with Gasteiger partial charge in [0.15, 0.2) is 0 Å². The third kappa shape index (κ3) is 2.14. The molecule has 1 atom stereocenters. The van der Waals surface area contributed by atoms with Crippen LogP contribution in [-0.4, -0.2) is 16.1 Å². The average Bonchev–Trinajstić information content (AvgIpc) is 2.85. The summed E-state index contributed by atoms with van der Waals surface area (Å²) >= 11 is 0. The van der Waals surface area contributed by atoms with Crippen molar-refractivity contribution in [2.45, 2.75) is 18.9 Å². The van der Waals surface area contributed by atoms with Gasteiger partial charge in [-0.2, -0.15) is 0 Å². The minimum absolute atomic E-state index is 0.505. The number of hydrogen-bond donors (Lipinski definition) is 1. The van der Waals surface area contributed by atoms with E-state index >= 15 is 0 Å². The Balaban J connectivity index is 1.71. The molecule has 3 aromatic rings. The second-order valence-electron chi connectivity index (χ2n) is 5.81. The van der Waals surface area contributed by atoms with Crippen LogP contribution in [0, 0.1) is 0 Å². The van der Waals surface area contributed by atoms with Crippen LogP contribution >= 0.6 is 0 Å². The van der Waals surface area contributed by atoms with Gasteiger partial charge < -0.3 is 9.88 Å². The largest absolute Gasteiger partial charge is 0.331 e. The summed E-state index contributed by atoms with van der Waals surface area (Å²) in [5.74, 6) is 1.67. The Labute approximate surface area is 124 Å². The van der Waals surface area contributed by atoms with Crippen molar-refractivity contribution in [2.24, 2.45) is 7.05 Å². The van der Waals surface area contributed by atoms with Crippen molar-refractivity contribution in [2.75, 3.05) is 6.54 Å². The molecular formula is C18H19N3. The van der Waals surface area contributed by atoms with Gasteiger partial charge in [0, 0.05) is 32.5 Å². The number of imidazole rings is 1. The molecule has 4 rings (SSSR count). The zero-order valence-corrected chi connectivity index (χ0v) is 12.2. The Hall–Kier alpha value is -2.13. The molecule has 106 valence electrons. The van der Waals surface area contributed by atoms with Gasteiger partial charge in [-0.05, 0) is 23.3 Å². The molecule has 21 heavy (non-hydrogen) atoms. The van der Waals surface area contributed by atoms with Crippen LogP contribution in [0.5, 0.6) is 0 Å². The molecule has 0 radical (unpaired) electrons. The molecule has 0 fully saturated rings. The van der Waals surface area contributed by atoms with E-state index < -0.39 is 0 Å². The molecule has 1 aliphatic heterocycles. The minimum Gasteiger partial charge on any atom is -0.331 e. The fourth-order valence-electron chi connectivity index (χ4n) is 3.36. The van der Waals surface area contributed by atoms with Crippen LogP contribution in [0.15, 0.2) is 48.5 Å². The summed E-state index contributed by atoms with van der Waals surface area (Å²) < 4.78 is 2.23. The van der Waals surface area contributed by atoms with E-state index in [0.29, 0.717) is 5.92 Å². The lowest BCUT2D eigenvalue weighted by Crippen LogP contribution is -2.29. The molecule has 0 bridgehead atoms. The van der Waals surface area contributed by atoms with Crippen molar-refractivity contribution in [3.05, 3.63) is 65.5 Å². The van der Waals surface area contributed by atoms with Gasteiger partial charge in [-0.1, -0.05) is 36.4 Å². The Morgan fingerprint density at radius 2 is 1.95 bits per heavy atom. The lowest BCUT2D eigenvalue weighted by Gasteiger charge is -2.26. The van der Waals surface area contributed by atoms with E-state index in [2.05, 4.69) is 65.5 Å². The number of fused-ring (bicyclic) bond motifs is 2. The smallest absolute Gasteiger partial charge is 0.110 e. The van der Waals surface area contributed by atoms with Gasteiger partial charge in [-0.25, -0.2) is 4.98 Å². The third-order valence-corrected chi connectivity index (χ3v) is 4.51. The predicted molar refractivity (Wildman–Crippen MR) is 85.3 cm³/mol. The quantitative estimate of drug-likeness (QED) is 0.780. The fraction of sp³-hybridized carbons (Fsp3) is 0.278. The monoisotopic (exact) mass is 277 g/mol. The van der Waals surface area contributed by atoms with Crippen LogP contribution in [-0.2, 0) is 20.0 Å². The van der Waals surface area contributed by atoms with Crippen molar-refractivity contribution in [1.82, 2.24) is 14.9 Å². The van der Waals surface area contributed by atoms with Crippen LogP contribution in [0.1, 0.15) is 22.9 Å². The van der Waals surface area contributed by atoms with E-state index in [1.165, 1.54) is 22.5 Å². The molecule has 0 spiro atoms. The topological polar surface area (TPSA) is 29.9 Å². The maximum atomic E-state index is 4.81. The van der Waals surface area contributed by atoms with Gasteiger partial charge >= 0.3 is 0 Å². The van der Waals surface area contributed by atoms with Crippen LogP contribution in [0.3, 0.4) is 0 Å². The van der Waals surface area contributed by atoms with Crippen molar-refractivity contribution in [1.29, 1.82) is 0 Å². The van der Waals surface area contributed by atoms with Crippen molar-refractivity contribution < 1.29 is 0 Å². The number of benzene rings is 2. The van der Waals surface area contributed by atoms with Crippen LogP contribution in [0.25, 0.3) is 11.0 Å². The first-order valence-corrected chi connectivity index (χ1v) is 7.52. The molecule has 1 unspecified atom stereocenters. The Morgan fingerprint density at radius 1 is 1.14 bits per heavy atom. The van der Waals surface area contributed by atoms with E-state index in [0.717, 1.165) is 25.0 Å². The number of nitrogens with zero attached hydrogens (tertiary/aromatic N) is 2. The first-order valence-electron chi connectivity index (χ1n) is 7.52. The fourth-order valence-corrected chi connectivity index (χ4v) is 3.36. The highest BCUT2D eigenvalue weighted by Gasteiger charge is 2.21. The van der Waals surface area contributed by atoms with Gasteiger partial charge in [0.1, 0.15) is 5.82 Å². The summed E-state index contributed by atoms with van der Waals surface area (Å²) in [7, 11) is 2.12. The normalized spacial score (nSPS) is 17.9. The minimum atomic E-state index is 0.505. The number of para-hydroxylation sites is 2. The second-order valence-corrected chi connectivity index (χ2v) is 5.81. The average molecular weight is 277 g/mol. The van der Waals surface area contributed by atoms with Gasteiger partial charge in [0.2, 0.25) is 0 Å². The van der Waals surface area contributed by atoms with E-state index in [1.807, 2.05) is 0 Å². The highest BCUT2D eigenvalue weighted by atomic mass is 15.1. The molecule has 2 aromatic carbocycles. The number of aromatic nitrogens is 2. The lowest BCUT2D eigenvalue weighted by atomic mass is 9.88. The zero-order chi connectivity index (χ0) is 14.2. The Bertz CT molecular complexity index is 788. The van der Waals surface area contributed by atoms with Crippen molar-refractivity contribution in [3.63, 3.8) is 0 Å². The molecule has 1 aliphatic rings. The zero-order valence-electron chi connectivity index (χ0n) is 12.2. The first-order chi connectivity index (χ1) is 10.3. The number of nitrogens with one attached hydrogen (secondary N) is 1. The maximum absolute atomic E-state index is 4.81. The summed E-state index contributed by atoms with van der Waals surface area (Å²) in [4.78, 5) is 4.81. The van der Waals surface area contributed by atoms with Crippen LogP contribution in [0.4, 0.5) is 0 Å². The first kappa shape index (κ1) is 12.6. The summed E-state index contributed by atoms with van der Waals surface area (Å²) in [5, 5.41) is 3.53. The summed E-state index contributed by atoms with van der Waals surface area (Å²) in [5.41, 5.74) is 5.20. The molecule has 0 amide bonds. The number of hydrogen-bond acceptors (Lipinski definition) is 2. The van der Waals surface area contributed by atoms with Crippen LogP contribution < -0.4 is 5.32 Å². The Kier molecular flexibility index (Phi) is 3.00. The van der Waals surface area contributed by atoms with Gasteiger partial charge in [-0.15, -0.1) is 0 Å². The molecule has 1 aromatic heterocycles. The molecular weight excluding hydrogens is 258 g/mol. The number of aryl methyl sites for hydroxylation is 1. The standard InChI is InChI=1S/C18H19N3/c1-21-17-9-5-4-8-16(17)20-18(21)10-14-12-19-11-13-6-2-3-7-15(13)14/h2-9,14,19H,10-12H2,1H3. The van der Waals surface area contributed by atoms with Gasteiger partial charge in [-0.3, -0.25) is 0 Å². The van der Waals surface area contributed by atoms with E-state index in [1.54, 1.807) is 0 Å². The summed E-state index contributed by atoms with van der Waals surface area (Å²) in [6, 6.07) is 17.1. The highest BCUT2D eigenvalue weighted by Crippen LogP contribution is 2.27. The molecule has 0 saturated carbocycles. The van der Waals surface area contributed by atoms with E-state index in [4.69, 9.17) is 4.98 Å². The maximum Gasteiger partial charge on any atom is 0.110 e. The van der Waals surface area contributed by atoms with E-state index in [9.17, 15) is 0 Å². The van der Waals surface area contributed by atoms with Gasteiger partial charge in [0.25, 0.3) is 0 Å². The predicted octanol–water partition coefficient (Wildman–Crippen LogP) is 3.00.